The molecule has 0 saturated heterocycles. The minimum atomic E-state index is -1.07. The molecule has 0 unspecified atom stereocenters. The Kier molecular flexibility index (Phi) is 6.54. The van der Waals surface area contributed by atoms with Crippen LogP contribution in [-0.2, 0) is 22.6 Å². The van der Waals surface area contributed by atoms with Crippen LogP contribution in [0.5, 0.6) is 0 Å². The number of aromatic nitrogens is 4. The Morgan fingerprint density at radius 3 is 2.46 bits per heavy atom. The van der Waals surface area contributed by atoms with Crippen molar-refractivity contribution in [2.24, 2.45) is 5.73 Å². The fourth-order valence-electron chi connectivity index (χ4n) is 4.54. The van der Waals surface area contributed by atoms with Gasteiger partial charge in [0, 0.05) is 11.3 Å². The van der Waals surface area contributed by atoms with Crippen molar-refractivity contribution in [2.75, 3.05) is 4.90 Å². The first-order valence-corrected chi connectivity index (χ1v) is 12.2. The van der Waals surface area contributed by atoms with Crippen molar-refractivity contribution < 1.29 is 9.59 Å². The third-order valence-electron chi connectivity index (χ3n) is 6.57. The lowest BCUT2D eigenvalue weighted by Gasteiger charge is -2.28. The molecule has 9 heteroatoms. The summed E-state index contributed by atoms with van der Waals surface area (Å²) in [5, 5.41) is 17.1. The lowest BCUT2D eigenvalue weighted by atomic mass is 9.98. The van der Waals surface area contributed by atoms with Gasteiger partial charge in [0.15, 0.2) is 5.82 Å². The summed E-state index contributed by atoms with van der Waals surface area (Å²) in [6.45, 7) is 3.64. The number of nitrogens with zero attached hydrogens (tertiary/aromatic N) is 4. The predicted molar refractivity (Wildman–Crippen MR) is 141 cm³/mol. The van der Waals surface area contributed by atoms with Crippen molar-refractivity contribution in [2.45, 2.75) is 44.8 Å². The molecule has 1 aliphatic rings. The normalized spacial score (nSPS) is 15.7. The van der Waals surface area contributed by atoms with Crippen molar-refractivity contribution in [3.05, 3.63) is 83.9 Å². The molecule has 0 saturated carbocycles. The van der Waals surface area contributed by atoms with E-state index in [1.165, 1.54) is 0 Å². The van der Waals surface area contributed by atoms with Gasteiger partial charge in [-0.05, 0) is 65.4 Å². The summed E-state index contributed by atoms with van der Waals surface area (Å²) in [4.78, 5) is 28.0. The topological polar surface area (TPSA) is 130 Å². The molecule has 0 bridgehead atoms. The summed E-state index contributed by atoms with van der Waals surface area (Å²) in [7, 11) is 0. The molecular formula is C28H29N7O2. The first-order valence-electron chi connectivity index (χ1n) is 12.2. The first-order chi connectivity index (χ1) is 17.8. The van der Waals surface area contributed by atoms with E-state index >= 15 is 0 Å². The number of tetrazole rings is 1. The number of nitrogens with one attached hydrogen (secondary N) is 2. The smallest absolute Gasteiger partial charge is 0.249 e. The minimum Gasteiger partial charge on any atom is -0.343 e. The number of carbonyl (C=O) groups is 2. The van der Waals surface area contributed by atoms with Crippen LogP contribution in [0.15, 0.2) is 72.8 Å². The minimum absolute atomic E-state index is 0.144. The highest BCUT2D eigenvalue weighted by molar-refractivity contribution is 6.01. The van der Waals surface area contributed by atoms with Crippen molar-refractivity contribution in [1.29, 1.82) is 0 Å². The van der Waals surface area contributed by atoms with E-state index in [-0.39, 0.29) is 11.8 Å². The number of fused-ring (bicyclic) bond motifs is 1. The second-order valence-electron chi connectivity index (χ2n) is 9.83. The number of rotatable bonds is 6. The highest BCUT2D eigenvalue weighted by Crippen LogP contribution is 2.32. The summed E-state index contributed by atoms with van der Waals surface area (Å²) in [6, 6.07) is 23.2. The predicted octanol–water partition coefficient (Wildman–Crippen LogP) is 3.24. The first kappa shape index (κ1) is 24.3. The van der Waals surface area contributed by atoms with Crippen LogP contribution < -0.4 is 16.0 Å². The zero-order chi connectivity index (χ0) is 26.0. The van der Waals surface area contributed by atoms with Crippen molar-refractivity contribution in [1.82, 2.24) is 25.9 Å². The number of benzene rings is 3. The van der Waals surface area contributed by atoms with E-state index in [4.69, 9.17) is 5.73 Å². The number of carbonyl (C=O) groups excluding carboxylic acids is 2. The van der Waals surface area contributed by atoms with E-state index in [0.29, 0.717) is 25.2 Å². The van der Waals surface area contributed by atoms with Gasteiger partial charge in [0.1, 0.15) is 6.04 Å². The standard InChI is InChI=1S/C28H29N7O2/c1-28(2,29)27(37)30-23-16-15-20-7-3-6-10-24(20)35(26(23)36)17-18-11-13-19(14-12-18)21-8-4-5-9-22(21)25-31-33-34-32-25/h3-14,23H,15-17,29H2,1-2H3,(H,30,37)(H,31,32,33,34)/t23-/m1/s1. The number of aromatic amines is 1. The Morgan fingerprint density at radius 1 is 1.05 bits per heavy atom. The molecule has 37 heavy (non-hydrogen) atoms. The molecule has 0 fully saturated rings. The molecule has 1 atom stereocenters. The Hall–Kier alpha value is -4.37. The fourth-order valence-corrected chi connectivity index (χ4v) is 4.54. The molecule has 0 aliphatic carbocycles. The van der Waals surface area contributed by atoms with Crippen LogP contribution >= 0.6 is 0 Å². The average molecular weight is 496 g/mol. The van der Waals surface area contributed by atoms with Gasteiger partial charge in [-0.3, -0.25) is 9.59 Å². The molecule has 188 valence electrons. The van der Waals surface area contributed by atoms with Crippen molar-refractivity contribution >= 4 is 17.5 Å². The maximum Gasteiger partial charge on any atom is 0.249 e. The quantitative estimate of drug-likeness (QED) is 0.377. The van der Waals surface area contributed by atoms with Crippen LogP contribution in [0.4, 0.5) is 5.69 Å². The Bertz CT molecular complexity index is 1410. The molecule has 4 aromatic rings. The van der Waals surface area contributed by atoms with Gasteiger partial charge in [-0.1, -0.05) is 66.7 Å². The second kappa shape index (κ2) is 9.94. The molecule has 9 nitrogen and oxygen atoms in total. The maximum absolute atomic E-state index is 13.7. The molecule has 3 aromatic carbocycles. The zero-order valence-corrected chi connectivity index (χ0v) is 20.8. The zero-order valence-electron chi connectivity index (χ0n) is 20.8. The third-order valence-corrected chi connectivity index (χ3v) is 6.57. The molecule has 0 radical (unpaired) electrons. The summed E-state index contributed by atoms with van der Waals surface area (Å²) < 4.78 is 0. The molecule has 2 heterocycles. The van der Waals surface area contributed by atoms with Crippen LogP contribution in [0.1, 0.15) is 31.4 Å². The molecule has 1 aromatic heterocycles. The highest BCUT2D eigenvalue weighted by Gasteiger charge is 2.34. The summed E-state index contributed by atoms with van der Waals surface area (Å²) >= 11 is 0. The van der Waals surface area contributed by atoms with Gasteiger partial charge in [-0.2, -0.15) is 0 Å². The Balaban J connectivity index is 1.43. The number of H-pyrrole nitrogens is 1. The molecule has 0 spiro atoms. The van der Waals surface area contributed by atoms with E-state index in [0.717, 1.165) is 33.5 Å². The fraction of sp³-hybridized carbons (Fsp3) is 0.250. The molecule has 2 amide bonds. The van der Waals surface area contributed by atoms with Crippen molar-refractivity contribution in [3.63, 3.8) is 0 Å². The molecule has 1 aliphatic heterocycles. The number of hydrogen-bond donors (Lipinski definition) is 3. The number of nitrogens with two attached hydrogens (primary N) is 1. The third kappa shape index (κ3) is 5.12. The van der Waals surface area contributed by atoms with Gasteiger partial charge in [0.25, 0.3) is 0 Å². The second-order valence-corrected chi connectivity index (χ2v) is 9.83. The largest absolute Gasteiger partial charge is 0.343 e. The van der Waals surface area contributed by atoms with E-state index in [1.807, 2.05) is 72.8 Å². The Labute approximate surface area is 215 Å². The average Bonchev–Trinajstić information content (AvgIpc) is 3.40. The summed E-state index contributed by atoms with van der Waals surface area (Å²) in [5.74, 6) is 0.108. The van der Waals surface area contributed by atoms with Gasteiger partial charge in [-0.15, -0.1) is 5.10 Å². The van der Waals surface area contributed by atoms with Crippen LogP contribution in [0, 0.1) is 0 Å². The monoisotopic (exact) mass is 495 g/mol. The SMILES string of the molecule is CC(C)(N)C(=O)N[C@@H]1CCc2ccccc2N(Cc2ccc(-c3ccccc3-c3nnn[nH]3)cc2)C1=O. The van der Waals surface area contributed by atoms with E-state index in [2.05, 4.69) is 25.9 Å². The summed E-state index contributed by atoms with van der Waals surface area (Å²) in [6.07, 6.45) is 1.20. The van der Waals surface area contributed by atoms with E-state index < -0.39 is 11.6 Å². The lowest BCUT2D eigenvalue weighted by Crippen LogP contribution is -2.56. The highest BCUT2D eigenvalue weighted by atomic mass is 16.2. The van der Waals surface area contributed by atoms with Crippen LogP contribution in [0.3, 0.4) is 0 Å². The van der Waals surface area contributed by atoms with Gasteiger partial charge >= 0.3 is 0 Å². The van der Waals surface area contributed by atoms with Crippen LogP contribution in [-0.4, -0.2) is 44.0 Å². The van der Waals surface area contributed by atoms with Crippen molar-refractivity contribution in [3.8, 4) is 22.5 Å². The van der Waals surface area contributed by atoms with Gasteiger partial charge in [0.2, 0.25) is 11.8 Å². The maximum atomic E-state index is 13.7. The van der Waals surface area contributed by atoms with Crippen LogP contribution in [0.2, 0.25) is 0 Å². The molecular weight excluding hydrogens is 466 g/mol. The number of aryl methyl sites for hydroxylation is 1. The number of hydrogen-bond acceptors (Lipinski definition) is 6. The van der Waals surface area contributed by atoms with E-state index in [9.17, 15) is 9.59 Å². The Morgan fingerprint density at radius 2 is 1.76 bits per heavy atom. The molecule has 5 rings (SSSR count). The molecule has 4 N–H and O–H groups in total. The summed E-state index contributed by atoms with van der Waals surface area (Å²) in [5.41, 5.74) is 10.7. The number of anilines is 1. The number of para-hydroxylation sites is 1. The lowest BCUT2D eigenvalue weighted by molar-refractivity contribution is -0.130. The number of amides is 2. The van der Waals surface area contributed by atoms with Gasteiger partial charge in [0.05, 0.1) is 12.1 Å². The van der Waals surface area contributed by atoms with Crippen LogP contribution in [0.25, 0.3) is 22.5 Å². The van der Waals surface area contributed by atoms with Gasteiger partial charge in [-0.25, -0.2) is 5.10 Å². The van der Waals surface area contributed by atoms with E-state index in [1.54, 1.807) is 18.7 Å². The van der Waals surface area contributed by atoms with Gasteiger partial charge < -0.3 is 16.0 Å².